The number of carbonyl (C=O) groups excluding carboxylic acids is 1. The van der Waals surface area contributed by atoms with Crippen molar-refractivity contribution < 1.29 is 14.7 Å². The lowest BCUT2D eigenvalue weighted by Gasteiger charge is -2.23. The topological polar surface area (TPSA) is 107 Å². The number of hydrogen-bond donors (Lipinski definition) is 3. The maximum Gasteiger partial charge on any atom is 0.356 e. The Labute approximate surface area is 161 Å². The number of urea groups is 1. The van der Waals surface area contributed by atoms with Crippen molar-refractivity contribution in [3.05, 3.63) is 39.6 Å². The number of fused-ring (bicyclic) bond motifs is 2. The zero-order valence-electron chi connectivity index (χ0n) is 13.2. The van der Waals surface area contributed by atoms with Gasteiger partial charge in [-0.05, 0) is 30.5 Å². The molecule has 2 aromatic rings. The summed E-state index contributed by atoms with van der Waals surface area (Å²) in [6.07, 6.45) is 2.49. The minimum absolute atomic E-state index is 0.0249. The van der Waals surface area contributed by atoms with Crippen molar-refractivity contribution in [2.45, 2.75) is 12.5 Å². The van der Waals surface area contributed by atoms with Crippen molar-refractivity contribution in [2.75, 3.05) is 22.1 Å². The molecule has 2 amide bonds. The summed E-state index contributed by atoms with van der Waals surface area (Å²) in [5.74, 6) is -0.354. The molecule has 8 nitrogen and oxygen atoms in total. The molecule has 3 N–H and O–H groups in total. The lowest BCUT2D eigenvalue weighted by molar-refractivity contribution is 0.0691. The minimum atomic E-state index is -1.25. The fourth-order valence-corrected chi connectivity index (χ4v) is 3.48. The lowest BCUT2D eigenvalue weighted by Crippen LogP contribution is -2.37. The first-order valence-corrected chi connectivity index (χ1v) is 9.00. The second kappa shape index (κ2) is 6.40. The van der Waals surface area contributed by atoms with Crippen LogP contribution in [0.2, 0.25) is 5.02 Å². The van der Waals surface area contributed by atoms with E-state index in [-0.39, 0.29) is 28.5 Å². The van der Waals surface area contributed by atoms with Crippen LogP contribution in [-0.4, -0.2) is 39.7 Å². The van der Waals surface area contributed by atoms with Gasteiger partial charge in [0.15, 0.2) is 11.5 Å². The van der Waals surface area contributed by atoms with Crippen LogP contribution in [0.3, 0.4) is 0 Å². The fourth-order valence-electron chi connectivity index (χ4n) is 2.92. The number of aromatic carboxylic acids is 1. The van der Waals surface area contributed by atoms with E-state index < -0.39 is 12.0 Å². The molecule has 26 heavy (non-hydrogen) atoms. The standard InChI is InChI=1S/C16H13BrClN5O3/c17-8-1-2-19-12(4-8)21-16(26)23-6-7-3-10(7)20-11-5-9(18)13(15(24)25)22-14(11)23/h1-2,4-5,7,10,20H,3,6H2,(H,24,25)(H,19,21,26). The number of rotatable bonds is 2. The molecule has 0 spiro atoms. The van der Waals surface area contributed by atoms with E-state index in [9.17, 15) is 14.7 Å². The SMILES string of the molecule is O=C(O)c1nc2c(cc1Cl)NC1CC1CN2C(=O)Nc1cc(Br)ccn1. The third-order valence-electron chi connectivity index (χ3n) is 4.30. The highest BCUT2D eigenvalue weighted by molar-refractivity contribution is 9.10. The zero-order valence-corrected chi connectivity index (χ0v) is 15.6. The van der Waals surface area contributed by atoms with Gasteiger partial charge in [-0.2, -0.15) is 0 Å². The Morgan fingerprint density at radius 2 is 2.23 bits per heavy atom. The van der Waals surface area contributed by atoms with Gasteiger partial charge < -0.3 is 10.4 Å². The molecule has 1 fully saturated rings. The van der Waals surface area contributed by atoms with Gasteiger partial charge in [0.05, 0.1) is 10.7 Å². The van der Waals surface area contributed by atoms with Gasteiger partial charge in [0.2, 0.25) is 0 Å². The van der Waals surface area contributed by atoms with Crippen LogP contribution in [0.25, 0.3) is 0 Å². The summed E-state index contributed by atoms with van der Waals surface area (Å²) in [5.41, 5.74) is 0.253. The van der Waals surface area contributed by atoms with E-state index in [0.717, 1.165) is 10.9 Å². The third kappa shape index (κ3) is 3.19. The molecule has 0 aromatic carbocycles. The monoisotopic (exact) mass is 437 g/mol. The van der Waals surface area contributed by atoms with E-state index in [0.29, 0.717) is 18.1 Å². The smallest absolute Gasteiger partial charge is 0.356 e. The highest BCUT2D eigenvalue weighted by Gasteiger charge is 2.44. The van der Waals surface area contributed by atoms with E-state index in [4.69, 9.17) is 11.6 Å². The first-order valence-electron chi connectivity index (χ1n) is 7.83. The number of carbonyl (C=O) groups is 2. The molecule has 134 valence electrons. The van der Waals surface area contributed by atoms with Crippen molar-refractivity contribution in [3.8, 4) is 0 Å². The highest BCUT2D eigenvalue weighted by atomic mass is 79.9. The molecule has 1 aliphatic carbocycles. The van der Waals surface area contributed by atoms with Crippen LogP contribution in [-0.2, 0) is 0 Å². The molecular weight excluding hydrogens is 426 g/mol. The summed E-state index contributed by atoms with van der Waals surface area (Å²) in [7, 11) is 0. The third-order valence-corrected chi connectivity index (χ3v) is 5.08. The molecule has 0 radical (unpaired) electrons. The molecular formula is C16H13BrClN5O3. The minimum Gasteiger partial charge on any atom is -0.476 e. The van der Waals surface area contributed by atoms with Crippen LogP contribution in [0.4, 0.5) is 22.1 Å². The van der Waals surface area contributed by atoms with Gasteiger partial charge in [0.25, 0.3) is 0 Å². The second-order valence-corrected chi connectivity index (χ2v) is 7.46. The Kier molecular flexibility index (Phi) is 4.20. The van der Waals surface area contributed by atoms with Crippen molar-refractivity contribution in [2.24, 2.45) is 5.92 Å². The largest absolute Gasteiger partial charge is 0.476 e. The predicted octanol–water partition coefficient (Wildman–Crippen LogP) is 3.44. The summed E-state index contributed by atoms with van der Waals surface area (Å²) in [5, 5.41) is 15.3. The normalized spacial score (nSPS) is 20.3. The molecule has 1 aliphatic heterocycles. The molecule has 4 rings (SSSR count). The number of halogens is 2. The summed E-state index contributed by atoms with van der Waals surface area (Å²) in [6.45, 7) is 0.429. The summed E-state index contributed by atoms with van der Waals surface area (Å²) >= 11 is 9.36. The Hall–Kier alpha value is -2.39. The van der Waals surface area contributed by atoms with Crippen molar-refractivity contribution in [1.29, 1.82) is 0 Å². The molecule has 3 heterocycles. The number of amides is 2. The fraction of sp³-hybridized carbons (Fsp3) is 0.250. The first kappa shape index (κ1) is 17.0. The Morgan fingerprint density at radius 3 is 2.96 bits per heavy atom. The number of nitrogens with zero attached hydrogens (tertiary/aromatic N) is 3. The van der Waals surface area contributed by atoms with Crippen LogP contribution in [0.1, 0.15) is 16.9 Å². The van der Waals surface area contributed by atoms with Crippen LogP contribution >= 0.6 is 27.5 Å². The zero-order chi connectivity index (χ0) is 18.4. The summed E-state index contributed by atoms with van der Waals surface area (Å²) in [4.78, 5) is 33.9. The summed E-state index contributed by atoms with van der Waals surface area (Å²) < 4.78 is 0.779. The lowest BCUT2D eigenvalue weighted by atomic mass is 10.3. The molecule has 10 heteroatoms. The van der Waals surface area contributed by atoms with Crippen LogP contribution in [0.5, 0.6) is 0 Å². The van der Waals surface area contributed by atoms with Gasteiger partial charge in [-0.15, -0.1) is 0 Å². The van der Waals surface area contributed by atoms with Crippen LogP contribution in [0.15, 0.2) is 28.9 Å². The van der Waals surface area contributed by atoms with Gasteiger partial charge in [-0.25, -0.2) is 19.6 Å². The molecule has 2 unspecified atom stereocenters. The van der Waals surface area contributed by atoms with Gasteiger partial charge >= 0.3 is 12.0 Å². The van der Waals surface area contributed by atoms with Crippen molar-refractivity contribution in [1.82, 2.24) is 9.97 Å². The quantitative estimate of drug-likeness (QED) is 0.663. The van der Waals surface area contributed by atoms with Gasteiger partial charge in [-0.1, -0.05) is 27.5 Å². The number of nitrogens with one attached hydrogen (secondary N) is 2. The van der Waals surface area contributed by atoms with Gasteiger partial charge in [-0.3, -0.25) is 10.2 Å². The van der Waals surface area contributed by atoms with E-state index >= 15 is 0 Å². The molecule has 2 aromatic heterocycles. The number of anilines is 3. The number of carboxylic acid groups (broad SMARTS) is 1. The maximum absolute atomic E-state index is 12.8. The average Bonchev–Trinajstić information content (AvgIpc) is 3.31. The van der Waals surface area contributed by atoms with Gasteiger partial charge in [0, 0.05) is 23.3 Å². The Morgan fingerprint density at radius 1 is 1.42 bits per heavy atom. The number of hydrogen-bond acceptors (Lipinski definition) is 5. The van der Waals surface area contributed by atoms with Crippen molar-refractivity contribution in [3.63, 3.8) is 0 Å². The summed E-state index contributed by atoms with van der Waals surface area (Å²) in [6, 6.07) is 4.72. The van der Waals surface area contributed by atoms with Crippen LogP contribution < -0.4 is 15.5 Å². The Balaban J connectivity index is 1.70. The molecule has 0 bridgehead atoms. The van der Waals surface area contributed by atoms with Crippen molar-refractivity contribution >= 4 is 56.9 Å². The molecule has 0 saturated heterocycles. The first-order chi connectivity index (χ1) is 12.4. The van der Waals surface area contributed by atoms with E-state index in [2.05, 4.69) is 36.5 Å². The highest BCUT2D eigenvalue weighted by Crippen LogP contribution is 2.42. The van der Waals surface area contributed by atoms with E-state index in [1.165, 1.54) is 11.0 Å². The number of pyridine rings is 2. The van der Waals surface area contributed by atoms with E-state index in [1.807, 2.05) is 0 Å². The number of carboxylic acids is 1. The second-order valence-electron chi connectivity index (χ2n) is 6.14. The van der Waals surface area contributed by atoms with E-state index in [1.54, 1.807) is 18.3 Å². The number of aromatic nitrogens is 2. The Bertz CT molecular complexity index is 925. The average molecular weight is 439 g/mol. The maximum atomic E-state index is 12.8. The van der Waals surface area contributed by atoms with Crippen LogP contribution in [0, 0.1) is 5.92 Å². The molecule has 1 saturated carbocycles. The predicted molar refractivity (Wildman–Crippen MR) is 100 cm³/mol. The molecule has 2 atom stereocenters. The molecule has 2 aliphatic rings. The van der Waals surface area contributed by atoms with Gasteiger partial charge in [0.1, 0.15) is 5.82 Å².